The van der Waals surface area contributed by atoms with E-state index in [-0.39, 0.29) is 6.54 Å². The molecule has 0 radical (unpaired) electrons. The second-order valence-corrected chi connectivity index (χ2v) is 4.93. The predicted octanol–water partition coefficient (Wildman–Crippen LogP) is 2.08. The molecule has 0 aliphatic rings. The van der Waals surface area contributed by atoms with Gasteiger partial charge in [-0.2, -0.15) is 0 Å². The van der Waals surface area contributed by atoms with Crippen molar-refractivity contribution in [3.05, 3.63) is 70.4 Å². The number of hydrogen-bond acceptors (Lipinski definition) is 2. The van der Waals surface area contributed by atoms with Gasteiger partial charge in [-0.3, -0.25) is 13.9 Å². The Morgan fingerprint density at radius 2 is 1.59 bits per heavy atom. The van der Waals surface area contributed by atoms with Crippen LogP contribution in [0.5, 0.6) is 0 Å². The van der Waals surface area contributed by atoms with Gasteiger partial charge in [-0.05, 0) is 18.2 Å². The Morgan fingerprint density at radius 1 is 1.00 bits per heavy atom. The standard InChI is InChI=1S/C16H13FN2O3/c17-12-6-2-1-5-11(12)9-18-13-7-3-4-8-14(13)19(16(18)22)10-15(20)21/h1-8H,9-10H2,(H,20,21). The first kappa shape index (κ1) is 14.1. The van der Waals surface area contributed by atoms with Gasteiger partial charge in [-0.1, -0.05) is 30.3 Å². The molecule has 5 nitrogen and oxygen atoms in total. The molecule has 3 aromatic rings. The first-order valence-corrected chi connectivity index (χ1v) is 6.71. The van der Waals surface area contributed by atoms with Crippen LogP contribution in [0.3, 0.4) is 0 Å². The zero-order chi connectivity index (χ0) is 15.7. The van der Waals surface area contributed by atoms with Gasteiger partial charge in [0.05, 0.1) is 17.6 Å². The maximum atomic E-state index is 13.8. The summed E-state index contributed by atoms with van der Waals surface area (Å²) >= 11 is 0. The zero-order valence-corrected chi connectivity index (χ0v) is 11.6. The largest absolute Gasteiger partial charge is 0.480 e. The third-order valence-electron chi connectivity index (χ3n) is 3.50. The van der Waals surface area contributed by atoms with E-state index >= 15 is 0 Å². The molecule has 1 aromatic heterocycles. The van der Waals surface area contributed by atoms with Crippen LogP contribution in [-0.4, -0.2) is 20.2 Å². The van der Waals surface area contributed by atoms with Crippen molar-refractivity contribution in [3.8, 4) is 0 Å². The number of fused-ring (bicyclic) bond motifs is 1. The molecule has 2 aromatic carbocycles. The topological polar surface area (TPSA) is 64.2 Å². The van der Waals surface area contributed by atoms with Crippen LogP contribution in [0.4, 0.5) is 4.39 Å². The summed E-state index contributed by atoms with van der Waals surface area (Å²) in [6.07, 6.45) is 0. The normalized spacial score (nSPS) is 11.0. The van der Waals surface area contributed by atoms with Gasteiger partial charge in [-0.15, -0.1) is 0 Å². The summed E-state index contributed by atoms with van der Waals surface area (Å²) in [7, 11) is 0. The summed E-state index contributed by atoms with van der Waals surface area (Å²) in [5, 5.41) is 8.96. The first-order valence-electron chi connectivity index (χ1n) is 6.71. The van der Waals surface area contributed by atoms with Crippen molar-refractivity contribution in [1.29, 1.82) is 0 Å². The van der Waals surface area contributed by atoms with E-state index in [0.29, 0.717) is 16.6 Å². The maximum absolute atomic E-state index is 13.8. The number of aromatic nitrogens is 2. The van der Waals surface area contributed by atoms with Crippen molar-refractivity contribution in [2.24, 2.45) is 0 Å². The molecule has 0 unspecified atom stereocenters. The minimum absolute atomic E-state index is 0.0542. The van der Waals surface area contributed by atoms with Gasteiger partial charge in [0.25, 0.3) is 0 Å². The minimum Gasteiger partial charge on any atom is -0.480 e. The molecule has 0 fully saturated rings. The van der Waals surface area contributed by atoms with Crippen LogP contribution in [0.2, 0.25) is 0 Å². The third kappa shape index (κ3) is 2.39. The van der Waals surface area contributed by atoms with Crippen molar-refractivity contribution >= 4 is 17.0 Å². The number of hydrogen-bond donors (Lipinski definition) is 1. The Hall–Kier alpha value is -2.89. The lowest BCUT2D eigenvalue weighted by molar-refractivity contribution is -0.137. The van der Waals surface area contributed by atoms with E-state index < -0.39 is 24.0 Å². The van der Waals surface area contributed by atoms with Gasteiger partial charge in [0.1, 0.15) is 12.4 Å². The van der Waals surface area contributed by atoms with E-state index in [1.54, 1.807) is 42.5 Å². The number of nitrogens with zero attached hydrogens (tertiary/aromatic N) is 2. The molecule has 0 spiro atoms. The SMILES string of the molecule is O=C(O)Cn1c(=O)n(Cc2ccccc2F)c2ccccc21. The first-order chi connectivity index (χ1) is 10.6. The van der Waals surface area contributed by atoms with E-state index in [1.807, 2.05) is 0 Å². The van der Waals surface area contributed by atoms with Gasteiger partial charge in [0.15, 0.2) is 0 Å². The summed E-state index contributed by atoms with van der Waals surface area (Å²) < 4.78 is 16.4. The van der Waals surface area contributed by atoms with Gasteiger partial charge < -0.3 is 5.11 Å². The minimum atomic E-state index is -1.10. The molecule has 0 saturated heterocycles. The molecule has 3 rings (SSSR count). The molecule has 112 valence electrons. The molecule has 1 N–H and O–H groups in total. The number of benzene rings is 2. The van der Waals surface area contributed by atoms with Crippen LogP contribution in [0.25, 0.3) is 11.0 Å². The maximum Gasteiger partial charge on any atom is 0.329 e. The average Bonchev–Trinajstić information content (AvgIpc) is 2.75. The number of rotatable bonds is 4. The highest BCUT2D eigenvalue weighted by Gasteiger charge is 2.15. The molecule has 1 heterocycles. The second-order valence-electron chi connectivity index (χ2n) is 4.93. The lowest BCUT2D eigenvalue weighted by Gasteiger charge is -2.04. The lowest BCUT2D eigenvalue weighted by Crippen LogP contribution is -2.27. The van der Waals surface area contributed by atoms with E-state index in [2.05, 4.69) is 0 Å². The fraction of sp³-hybridized carbons (Fsp3) is 0.125. The molecule has 6 heteroatoms. The number of para-hydroxylation sites is 2. The molecular weight excluding hydrogens is 287 g/mol. The van der Waals surface area contributed by atoms with Gasteiger partial charge in [-0.25, -0.2) is 9.18 Å². The predicted molar refractivity (Wildman–Crippen MR) is 79.3 cm³/mol. The number of carboxylic acid groups (broad SMARTS) is 1. The number of aliphatic carboxylic acids is 1. The van der Waals surface area contributed by atoms with E-state index in [9.17, 15) is 14.0 Å². The van der Waals surface area contributed by atoms with Gasteiger partial charge >= 0.3 is 11.7 Å². The Morgan fingerprint density at radius 3 is 2.23 bits per heavy atom. The highest BCUT2D eigenvalue weighted by molar-refractivity contribution is 5.78. The van der Waals surface area contributed by atoms with E-state index in [1.165, 1.54) is 15.2 Å². The monoisotopic (exact) mass is 300 g/mol. The lowest BCUT2D eigenvalue weighted by atomic mass is 10.2. The van der Waals surface area contributed by atoms with Crippen molar-refractivity contribution < 1.29 is 14.3 Å². The summed E-state index contributed by atoms with van der Waals surface area (Å²) in [5.74, 6) is -1.50. The number of halogens is 1. The molecule has 0 amide bonds. The van der Waals surface area contributed by atoms with Crippen LogP contribution >= 0.6 is 0 Å². The summed E-state index contributed by atoms with van der Waals surface area (Å²) in [6, 6.07) is 13.1. The summed E-state index contributed by atoms with van der Waals surface area (Å²) in [6.45, 7) is -0.373. The van der Waals surface area contributed by atoms with Crippen LogP contribution in [0.1, 0.15) is 5.56 Å². The number of imidazole rings is 1. The fourth-order valence-electron chi connectivity index (χ4n) is 2.51. The smallest absolute Gasteiger partial charge is 0.329 e. The average molecular weight is 300 g/mol. The highest BCUT2D eigenvalue weighted by atomic mass is 19.1. The van der Waals surface area contributed by atoms with Crippen LogP contribution in [0.15, 0.2) is 53.3 Å². The molecule has 22 heavy (non-hydrogen) atoms. The Labute approximate surface area is 124 Å². The molecule has 0 aliphatic heterocycles. The van der Waals surface area contributed by atoms with Crippen LogP contribution in [0, 0.1) is 5.82 Å². The summed E-state index contributed by atoms with van der Waals surface area (Å²) in [4.78, 5) is 23.4. The van der Waals surface area contributed by atoms with Crippen molar-refractivity contribution in [1.82, 2.24) is 9.13 Å². The Bertz CT molecular complexity index is 911. The Kier molecular flexibility index (Phi) is 3.50. The van der Waals surface area contributed by atoms with Crippen molar-refractivity contribution in [3.63, 3.8) is 0 Å². The van der Waals surface area contributed by atoms with Gasteiger partial charge in [0, 0.05) is 5.56 Å². The van der Waals surface area contributed by atoms with Gasteiger partial charge in [0.2, 0.25) is 0 Å². The van der Waals surface area contributed by atoms with Crippen LogP contribution < -0.4 is 5.69 Å². The quantitative estimate of drug-likeness (QED) is 0.802. The molecule has 0 atom stereocenters. The summed E-state index contributed by atoms with van der Waals surface area (Å²) in [5.41, 5.74) is 1.01. The highest BCUT2D eigenvalue weighted by Crippen LogP contribution is 2.15. The van der Waals surface area contributed by atoms with E-state index in [0.717, 1.165) is 0 Å². The molecule has 0 aliphatic carbocycles. The fourth-order valence-corrected chi connectivity index (χ4v) is 2.51. The third-order valence-corrected chi connectivity index (χ3v) is 3.50. The van der Waals surface area contributed by atoms with Crippen LogP contribution in [-0.2, 0) is 17.9 Å². The molecular formula is C16H13FN2O3. The van der Waals surface area contributed by atoms with Crippen molar-refractivity contribution in [2.75, 3.05) is 0 Å². The molecule has 0 saturated carbocycles. The number of carboxylic acids is 1. The zero-order valence-electron chi connectivity index (χ0n) is 11.6. The molecule has 0 bridgehead atoms. The van der Waals surface area contributed by atoms with E-state index in [4.69, 9.17) is 5.11 Å². The second kappa shape index (κ2) is 5.48. The number of carbonyl (C=O) groups is 1. The Balaban J connectivity index is 2.18. The van der Waals surface area contributed by atoms with Crippen molar-refractivity contribution in [2.45, 2.75) is 13.1 Å².